The van der Waals surface area contributed by atoms with Crippen LogP contribution in [0.3, 0.4) is 0 Å². The highest BCUT2D eigenvalue weighted by molar-refractivity contribution is 5.69. The summed E-state index contributed by atoms with van der Waals surface area (Å²) in [4.78, 5) is 13.0. The van der Waals surface area contributed by atoms with Crippen molar-refractivity contribution in [2.45, 2.75) is 12.5 Å². The van der Waals surface area contributed by atoms with Crippen LogP contribution < -0.4 is 0 Å². The molecule has 1 fully saturated rings. The summed E-state index contributed by atoms with van der Waals surface area (Å²) >= 11 is 0. The lowest BCUT2D eigenvalue weighted by Crippen LogP contribution is -2.52. The number of carbonyl (C=O) groups is 1. The molecule has 3 atom stereocenters. The molecule has 0 aromatic rings. The first-order chi connectivity index (χ1) is 6.76. The Kier molecular flexibility index (Phi) is 2.16. The number of hydrogen-bond acceptors (Lipinski definition) is 3. The number of nitrogens with zero attached hydrogens (tertiary/aromatic N) is 2. The summed E-state index contributed by atoms with van der Waals surface area (Å²) in [6.45, 7) is 0.687. The number of fused-ring (bicyclic) bond motifs is 2. The summed E-state index contributed by atoms with van der Waals surface area (Å²) in [7, 11) is 1.37. The number of nitriles is 1. The molecule has 0 spiro atoms. The van der Waals surface area contributed by atoms with Gasteiger partial charge in [0.25, 0.3) is 0 Å². The van der Waals surface area contributed by atoms with Crippen molar-refractivity contribution < 1.29 is 9.53 Å². The lowest BCUT2D eigenvalue weighted by Gasteiger charge is -2.42. The van der Waals surface area contributed by atoms with Crippen LogP contribution in [0.2, 0.25) is 0 Å². The second-order valence-corrected chi connectivity index (χ2v) is 3.73. The summed E-state index contributed by atoms with van der Waals surface area (Å²) in [6.07, 6.45) is 4.58. The minimum atomic E-state index is -0.329. The number of carbonyl (C=O) groups excluding carboxylic acids is 1. The number of methoxy groups -OCH3 is 1. The zero-order chi connectivity index (χ0) is 10.1. The molecule has 0 saturated carbocycles. The van der Waals surface area contributed by atoms with E-state index in [1.165, 1.54) is 7.11 Å². The largest absolute Gasteiger partial charge is 0.453 e. The summed E-state index contributed by atoms with van der Waals surface area (Å²) in [6, 6.07) is 2.16. The predicted molar refractivity (Wildman–Crippen MR) is 49.2 cm³/mol. The summed E-state index contributed by atoms with van der Waals surface area (Å²) in [5, 5.41) is 8.92. The van der Waals surface area contributed by atoms with Gasteiger partial charge in [0.1, 0.15) is 0 Å². The molecule has 4 heteroatoms. The second kappa shape index (κ2) is 3.33. The molecule has 2 heterocycles. The zero-order valence-electron chi connectivity index (χ0n) is 8.01. The third kappa shape index (κ3) is 1.25. The van der Waals surface area contributed by atoms with Gasteiger partial charge in [-0.2, -0.15) is 5.26 Å². The number of amides is 1. The van der Waals surface area contributed by atoms with E-state index >= 15 is 0 Å². The van der Waals surface area contributed by atoms with Crippen LogP contribution in [0.25, 0.3) is 0 Å². The average Bonchev–Trinajstić information content (AvgIpc) is 2.28. The van der Waals surface area contributed by atoms with Crippen LogP contribution in [0.1, 0.15) is 6.42 Å². The minimum Gasteiger partial charge on any atom is -0.453 e. The molecule has 1 saturated heterocycles. The molecule has 1 aliphatic carbocycles. The normalized spacial score (nSPS) is 34.0. The van der Waals surface area contributed by atoms with Crippen LogP contribution in [0.5, 0.6) is 0 Å². The summed E-state index contributed by atoms with van der Waals surface area (Å²) in [5.41, 5.74) is 0. The van der Waals surface area contributed by atoms with Crippen molar-refractivity contribution in [3.63, 3.8) is 0 Å². The first kappa shape index (κ1) is 9.07. The van der Waals surface area contributed by atoms with Gasteiger partial charge in [-0.15, -0.1) is 0 Å². The van der Waals surface area contributed by atoms with Crippen LogP contribution in [0, 0.1) is 23.2 Å². The lowest BCUT2D eigenvalue weighted by molar-refractivity contribution is 0.0731. The van der Waals surface area contributed by atoms with E-state index < -0.39 is 0 Å². The number of piperidine rings is 1. The Morgan fingerprint density at radius 1 is 1.64 bits per heavy atom. The van der Waals surface area contributed by atoms with Gasteiger partial charge < -0.3 is 4.74 Å². The SMILES string of the molecule is COC(=O)N1C[C@H]2C=C[C@H]1[C@@H](C#N)C2. The van der Waals surface area contributed by atoms with Gasteiger partial charge >= 0.3 is 6.09 Å². The van der Waals surface area contributed by atoms with Gasteiger partial charge in [-0.1, -0.05) is 12.2 Å². The van der Waals surface area contributed by atoms with E-state index in [-0.39, 0.29) is 18.1 Å². The van der Waals surface area contributed by atoms with E-state index in [1.54, 1.807) is 4.90 Å². The molecule has 0 unspecified atom stereocenters. The Morgan fingerprint density at radius 3 is 3.00 bits per heavy atom. The van der Waals surface area contributed by atoms with E-state index in [0.29, 0.717) is 12.5 Å². The van der Waals surface area contributed by atoms with Gasteiger partial charge in [-0.3, -0.25) is 4.90 Å². The van der Waals surface area contributed by atoms with Crippen LogP contribution in [-0.4, -0.2) is 30.7 Å². The summed E-state index contributed by atoms with van der Waals surface area (Å²) in [5.74, 6) is 0.251. The number of ether oxygens (including phenoxy) is 1. The number of hydrogen-bond donors (Lipinski definition) is 0. The molecule has 74 valence electrons. The van der Waals surface area contributed by atoms with Crippen LogP contribution in [-0.2, 0) is 4.74 Å². The molecule has 0 aromatic heterocycles. The fourth-order valence-corrected chi connectivity index (χ4v) is 2.22. The summed E-state index contributed by atoms with van der Waals surface area (Å²) < 4.78 is 4.68. The highest BCUT2D eigenvalue weighted by Gasteiger charge is 2.40. The van der Waals surface area contributed by atoms with Gasteiger partial charge in [0.15, 0.2) is 0 Å². The van der Waals surface area contributed by atoms with E-state index in [9.17, 15) is 4.79 Å². The molecule has 2 aliphatic heterocycles. The molecule has 0 N–H and O–H groups in total. The van der Waals surface area contributed by atoms with E-state index in [4.69, 9.17) is 5.26 Å². The van der Waals surface area contributed by atoms with Crippen LogP contribution in [0.4, 0.5) is 4.79 Å². The van der Waals surface area contributed by atoms with Gasteiger partial charge in [0, 0.05) is 6.54 Å². The maximum atomic E-state index is 11.4. The van der Waals surface area contributed by atoms with E-state index in [1.807, 2.05) is 6.08 Å². The first-order valence-corrected chi connectivity index (χ1v) is 4.68. The quantitative estimate of drug-likeness (QED) is 0.541. The van der Waals surface area contributed by atoms with Crippen molar-refractivity contribution in [3.05, 3.63) is 12.2 Å². The predicted octanol–water partition coefficient (Wildman–Crippen LogP) is 1.15. The number of rotatable bonds is 0. The molecule has 3 rings (SSSR count). The third-order valence-corrected chi connectivity index (χ3v) is 2.92. The van der Waals surface area contributed by atoms with Crippen molar-refractivity contribution in [1.82, 2.24) is 4.90 Å². The Morgan fingerprint density at radius 2 is 2.43 bits per heavy atom. The third-order valence-electron chi connectivity index (χ3n) is 2.92. The van der Waals surface area contributed by atoms with Crippen molar-refractivity contribution in [2.75, 3.05) is 13.7 Å². The van der Waals surface area contributed by atoms with Gasteiger partial charge in [-0.05, 0) is 12.3 Å². The smallest absolute Gasteiger partial charge is 0.410 e. The zero-order valence-corrected chi connectivity index (χ0v) is 8.01. The van der Waals surface area contributed by atoms with Crippen molar-refractivity contribution in [3.8, 4) is 6.07 Å². The van der Waals surface area contributed by atoms with Crippen molar-refractivity contribution in [2.24, 2.45) is 11.8 Å². The Balaban J connectivity index is 2.21. The van der Waals surface area contributed by atoms with E-state index in [0.717, 1.165) is 6.42 Å². The fraction of sp³-hybridized carbons (Fsp3) is 0.600. The molecular weight excluding hydrogens is 180 g/mol. The Hall–Kier alpha value is -1.50. The molecule has 0 radical (unpaired) electrons. The Labute approximate surface area is 82.7 Å². The second-order valence-electron chi connectivity index (χ2n) is 3.73. The Bertz CT molecular complexity index is 319. The monoisotopic (exact) mass is 192 g/mol. The first-order valence-electron chi connectivity index (χ1n) is 4.68. The average molecular weight is 192 g/mol. The molecule has 2 bridgehead atoms. The van der Waals surface area contributed by atoms with Gasteiger partial charge in [-0.25, -0.2) is 4.79 Å². The molecule has 0 aromatic carbocycles. The molecule has 4 nitrogen and oxygen atoms in total. The van der Waals surface area contributed by atoms with E-state index in [2.05, 4.69) is 16.9 Å². The molecule has 14 heavy (non-hydrogen) atoms. The highest BCUT2D eigenvalue weighted by Crippen LogP contribution is 2.34. The fourth-order valence-electron chi connectivity index (χ4n) is 2.22. The highest BCUT2D eigenvalue weighted by atomic mass is 16.5. The molecule has 1 amide bonds. The van der Waals surface area contributed by atoms with Crippen LogP contribution >= 0.6 is 0 Å². The molecular formula is C10H12N2O2. The maximum Gasteiger partial charge on any atom is 0.410 e. The maximum absolute atomic E-state index is 11.4. The topological polar surface area (TPSA) is 53.3 Å². The minimum absolute atomic E-state index is 0.0714. The van der Waals surface area contributed by atoms with Crippen molar-refractivity contribution >= 4 is 6.09 Å². The van der Waals surface area contributed by atoms with Gasteiger partial charge in [0.05, 0.1) is 25.1 Å². The standard InChI is InChI=1S/C10H12N2O2/c1-14-10(13)12-6-7-2-3-9(12)8(4-7)5-11/h2-3,7-9H,4,6H2,1H3/t7-,8+,9-/m0/s1. The lowest BCUT2D eigenvalue weighted by atomic mass is 9.78. The molecule has 3 aliphatic rings. The van der Waals surface area contributed by atoms with Gasteiger partial charge in [0.2, 0.25) is 0 Å². The van der Waals surface area contributed by atoms with Crippen LogP contribution in [0.15, 0.2) is 12.2 Å². The van der Waals surface area contributed by atoms with Crippen molar-refractivity contribution in [1.29, 1.82) is 5.26 Å².